The molecule has 1 aromatic rings. The molecule has 0 bridgehead atoms. The van der Waals surface area contributed by atoms with E-state index in [0.29, 0.717) is 0 Å². The highest BCUT2D eigenvalue weighted by Crippen LogP contribution is 2.16. The van der Waals surface area contributed by atoms with Crippen molar-refractivity contribution in [2.45, 2.75) is 38.8 Å². The molecule has 84 valence electrons. The van der Waals surface area contributed by atoms with Crippen LogP contribution in [0.25, 0.3) is 0 Å². The van der Waals surface area contributed by atoms with Gasteiger partial charge in [-0.3, -0.25) is 4.90 Å². The van der Waals surface area contributed by atoms with E-state index < -0.39 is 0 Å². The molecule has 1 aromatic heterocycles. The van der Waals surface area contributed by atoms with Crippen molar-refractivity contribution in [2.24, 2.45) is 0 Å². The summed E-state index contributed by atoms with van der Waals surface area (Å²) in [6.45, 7) is 4.93. The lowest BCUT2D eigenvalue weighted by Crippen LogP contribution is -2.37. The first-order valence-corrected chi connectivity index (χ1v) is 6.49. The molecule has 1 fully saturated rings. The lowest BCUT2D eigenvalue weighted by molar-refractivity contribution is 0.0663. The van der Waals surface area contributed by atoms with Crippen LogP contribution in [-0.4, -0.2) is 34.2 Å². The van der Waals surface area contributed by atoms with Crippen molar-refractivity contribution < 1.29 is 5.11 Å². The third-order valence-corrected chi connectivity index (χ3v) is 3.81. The number of aryl methyl sites for hydroxylation is 1. The molecule has 0 amide bonds. The van der Waals surface area contributed by atoms with E-state index >= 15 is 0 Å². The molecule has 1 N–H and O–H groups in total. The predicted octanol–water partition coefficient (Wildman–Crippen LogP) is 1.66. The molecule has 1 atom stereocenters. The summed E-state index contributed by atoms with van der Waals surface area (Å²) in [5.74, 6) is 0. The minimum atomic E-state index is -0.136. The predicted molar refractivity (Wildman–Crippen MR) is 62.0 cm³/mol. The van der Waals surface area contributed by atoms with Crippen molar-refractivity contribution in [2.75, 3.05) is 13.1 Å². The normalized spacial score (nSPS) is 23.2. The zero-order chi connectivity index (χ0) is 10.7. The standard InChI is InChI=1S/C11H18N2OS/c1-2-11-12-9(8-15-11)6-13-5-3-4-10(14)7-13/h8,10,14H,2-7H2,1H3. The number of aromatic nitrogens is 1. The maximum Gasteiger partial charge on any atom is 0.0926 e. The molecular weight excluding hydrogens is 208 g/mol. The van der Waals surface area contributed by atoms with Crippen molar-refractivity contribution in [1.82, 2.24) is 9.88 Å². The molecule has 3 nitrogen and oxygen atoms in total. The van der Waals surface area contributed by atoms with Gasteiger partial charge < -0.3 is 5.11 Å². The van der Waals surface area contributed by atoms with Crippen molar-refractivity contribution in [3.63, 3.8) is 0 Å². The lowest BCUT2D eigenvalue weighted by Gasteiger charge is -2.29. The monoisotopic (exact) mass is 226 g/mol. The van der Waals surface area contributed by atoms with Crippen LogP contribution in [0.2, 0.25) is 0 Å². The van der Waals surface area contributed by atoms with Gasteiger partial charge in [-0.25, -0.2) is 4.98 Å². The molecule has 15 heavy (non-hydrogen) atoms. The molecule has 0 saturated carbocycles. The van der Waals surface area contributed by atoms with E-state index in [1.165, 1.54) is 5.01 Å². The number of β-amino-alcohol motifs (C(OH)–C–C–N with tert-alkyl or cyclic N) is 1. The van der Waals surface area contributed by atoms with E-state index in [1.807, 2.05) is 0 Å². The van der Waals surface area contributed by atoms with E-state index in [1.54, 1.807) is 11.3 Å². The number of likely N-dealkylation sites (tertiary alicyclic amines) is 1. The Morgan fingerprint density at radius 3 is 3.20 bits per heavy atom. The Morgan fingerprint density at radius 1 is 1.67 bits per heavy atom. The van der Waals surface area contributed by atoms with Crippen LogP contribution < -0.4 is 0 Å². The number of hydrogen-bond acceptors (Lipinski definition) is 4. The zero-order valence-corrected chi connectivity index (χ0v) is 9.96. The Morgan fingerprint density at radius 2 is 2.53 bits per heavy atom. The first-order chi connectivity index (χ1) is 7.28. The van der Waals surface area contributed by atoms with Crippen LogP contribution in [0.1, 0.15) is 30.5 Å². The molecule has 2 rings (SSSR count). The van der Waals surface area contributed by atoms with E-state index in [9.17, 15) is 5.11 Å². The second kappa shape index (κ2) is 5.05. The average Bonchev–Trinajstić information content (AvgIpc) is 2.65. The van der Waals surface area contributed by atoms with Gasteiger partial charge in [-0.15, -0.1) is 11.3 Å². The van der Waals surface area contributed by atoms with Crippen molar-refractivity contribution in [3.05, 3.63) is 16.1 Å². The number of thiazole rings is 1. The highest BCUT2D eigenvalue weighted by Gasteiger charge is 2.18. The van der Waals surface area contributed by atoms with Gasteiger partial charge >= 0.3 is 0 Å². The quantitative estimate of drug-likeness (QED) is 0.851. The van der Waals surface area contributed by atoms with E-state index in [2.05, 4.69) is 22.2 Å². The first kappa shape index (κ1) is 11.0. The molecule has 1 aliphatic heterocycles. The van der Waals surface area contributed by atoms with Crippen LogP contribution in [0.4, 0.5) is 0 Å². The van der Waals surface area contributed by atoms with Crippen LogP contribution in [0.3, 0.4) is 0 Å². The van der Waals surface area contributed by atoms with Gasteiger partial charge in [-0.2, -0.15) is 0 Å². The summed E-state index contributed by atoms with van der Waals surface area (Å²) in [5.41, 5.74) is 1.16. The summed E-state index contributed by atoms with van der Waals surface area (Å²) in [6, 6.07) is 0. The summed E-state index contributed by atoms with van der Waals surface area (Å²) >= 11 is 1.74. The topological polar surface area (TPSA) is 36.4 Å². The number of aliphatic hydroxyl groups is 1. The number of nitrogens with zero attached hydrogens (tertiary/aromatic N) is 2. The van der Waals surface area contributed by atoms with Gasteiger partial charge in [0.15, 0.2) is 0 Å². The van der Waals surface area contributed by atoms with Crippen LogP contribution in [0.5, 0.6) is 0 Å². The lowest BCUT2D eigenvalue weighted by atomic mass is 10.1. The Hall–Kier alpha value is -0.450. The van der Waals surface area contributed by atoms with Crippen LogP contribution in [0.15, 0.2) is 5.38 Å². The third-order valence-electron chi connectivity index (χ3n) is 2.77. The highest BCUT2D eigenvalue weighted by molar-refractivity contribution is 7.09. The van der Waals surface area contributed by atoms with Gasteiger partial charge in [0.1, 0.15) is 0 Å². The van der Waals surface area contributed by atoms with Gasteiger partial charge in [0, 0.05) is 18.5 Å². The second-order valence-electron chi connectivity index (χ2n) is 4.12. The molecule has 0 aliphatic carbocycles. The number of rotatable bonds is 3. The maximum absolute atomic E-state index is 9.55. The van der Waals surface area contributed by atoms with Crippen molar-refractivity contribution >= 4 is 11.3 Å². The fourth-order valence-electron chi connectivity index (χ4n) is 1.99. The van der Waals surface area contributed by atoms with Crippen LogP contribution in [0, 0.1) is 0 Å². The molecule has 0 radical (unpaired) electrons. The summed E-state index contributed by atoms with van der Waals surface area (Å²) in [7, 11) is 0. The number of piperidine rings is 1. The van der Waals surface area contributed by atoms with Crippen LogP contribution >= 0.6 is 11.3 Å². The number of hydrogen-bond donors (Lipinski definition) is 1. The van der Waals surface area contributed by atoms with Gasteiger partial charge in [0.05, 0.1) is 16.8 Å². The SMILES string of the molecule is CCc1nc(CN2CCCC(O)C2)cs1. The van der Waals surface area contributed by atoms with Gasteiger partial charge in [-0.1, -0.05) is 6.92 Å². The second-order valence-corrected chi connectivity index (χ2v) is 5.06. The maximum atomic E-state index is 9.55. The molecule has 1 aliphatic rings. The highest BCUT2D eigenvalue weighted by atomic mass is 32.1. The Labute approximate surface area is 94.8 Å². The number of aliphatic hydroxyl groups excluding tert-OH is 1. The summed E-state index contributed by atoms with van der Waals surface area (Å²) < 4.78 is 0. The molecule has 0 aromatic carbocycles. The Bertz CT molecular complexity index is 313. The first-order valence-electron chi connectivity index (χ1n) is 5.61. The Balaban J connectivity index is 1.90. The summed E-state index contributed by atoms with van der Waals surface area (Å²) in [6.07, 6.45) is 2.94. The third kappa shape index (κ3) is 3.00. The van der Waals surface area contributed by atoms with Gasteiger partial charge in [0.25, 0.3) is 0 Å². The Kier molecular flexibility index (Phi) is 3.72. The fourth-order valence-corrected chi connectivity index (χ4v) is 2.72. The van der Waals surface area contributed by atoms with Gasteiger partial charge in [-0.05, 0) is 25.8 Å². The molecule has 4 heteroatoms. The van der Waals surface area contributed by atoms with Crippen molar-refractivity contribution in [1.29, 1.82) is 0 Å². The molecule has 1 unspecified atom stereocenters. The molecule has 2 heterocycles. The minimum absolute atomic E-state index is 0.136. The summed E-state index contributed by atoms with van der Waals surface area (Å²) in [5, 5.41) is 12.9. The fraction of sp³-hybridized carbons (Fsp3) is 0.727. The molecule has 1 saturated heterocycles. The van der Waals surface area contributed by atoms with E-state index in [4.69, 9.17) is 0 Å². The minimum Gasteiger partial charge on any atom is -0.392 e. The van der Waals surface area contributed by atoms with Gasteiger partial charge in [0.2, 0.25) is 0 Å². The summed E-state index contributed by atoms with van der Waals surface area (Å²) in [4.78, 5) is 6.84. The zero-order valence-electron chi connectivity index (χ0n) is 9.15. The molecule has 0 spiro atoms. The van der Waals surface area contributed by atoms with E-state index in [-0.39, 0.29) is 6.10 Å². The van der Waals surface area contributed by atoms with Crippen LogP contribution in [-0.2, 0) is 13.0 Å². The smallest absolute Gasteiger partial charge is 0.0926 e. The largest absolute Gasteiger partial charge is 0.392 e. The van der Waals surface area contributed by atoms with Crippen molar-refractivity contribution in [3.8, 4) is 0 Å². The molecular formula is C11H18N2OS. The van der Waals surface area contributed by atoms with E-state index in [0.717, 1.165) is 44.6 Å². The average molecular weight is 226 g/mol.